The number of hydrogen-bond donors (Lipinski definition) is 2. The van der Waals surface area contributed by atoms with Gasteiger partial charge in [-0.3, -0.25) is 4.79 Å². The molecule has 0 bridgehead atoms. The van der Waals surface area contributed by atoms with E-state index in [4.69, 9.17) is 22.7 Å². The molecule has 2 rings (SSSR count). The lowest BCUT2D eigenvalue weighted by atomic mass is 10.0. The van der Waals surface area contributed by atoms with E-state index in [1.807, 2.05) is 0 Å². The van der Waals surface area contributed by atoms with Gasteiger partial charge >= 0.3 is 0 Å². The summed E-state index contributed by atoms with van der Waals surface area (Å²) in [7, 11) is 0. The SMILES string of the molecule is NC(=S)c1ccc(OCC(=O)NCCC2CCCC2)cc1. The number of carbonyl (C=O) groups is 1. The summed E-state index contributed by atoms with van der Waals surface area (Å²) in [6.45, 7) is 0.782. The highest BCUT2D eigenvalue weighted by Gasteiger charge is 2.14. The molecule has 1 aromatic rings. The number of ether oxygens (including phenoxy) is 1. The highest BCUT2D eigenvalue weighted by Crippen LogP contribution is 2.26. The van der Waals surface area contributed by atoms with Crippen LogP contribution in [0.5, 0.6) is 5.75 Å². The van der Waals surface area contributed by atoms with Crippen molar-refractivity contribution in [3.8, 4) is 5.75 Å². The van der Waals surface area contributed by atoms with Gasteiger partial charge in [0.05, 0.1) is 0 Å². The van der Waals surface area contributed by atoms with Crippen LogP contribution in [0, 0.1) is 5.92 Å². The van der Waals surface area contributed by atoms with E-state index >= 15 is 0 Å². The van der Waals surface area contributed by atoms with E-state index in [1.165, 1.54) is 25.7 Å². The van der Waals surface area contributed by atoms with Gasteiger partial charge in [0, 0.05) is 12.1 Å². The summed E-state index contributed by atoms with van der Waals surface area (Å²) in [5, 5.41) is 2.90. The van der Waals surface area contributed by atoms with Gasteiger partial charge < -0.3 is 15.8 Å². The molecule has 3 N–H and O–H groups in total. The van der Waals surface area contributed by atoms with Gasteiger partial charge in [0.25, 0.3) is 5.91 Å². The average molecular weight is 306 g/mol. The molecule has 0 aromatic heterocycles. The molecule has 0 radical (unpaired) electrons. The van der Waals surface area contributed by atoms with Crippen LogP contribution in [0.1, 0.15) is 37.7 Å². The molecule has 0 unspecified atom stereocenters. The monoisotopic (exact) mass is 306 g/mol. The molecular formula is C16H22N2O2S. The van der Waals surface area contributed by atoms with Crippen molar-refractivity contribution in [3.63, 3.8) is 0 Å². The third-order valence-corrected chi connectivity index (χ3v) is 4.09. The summed E-state index contributed by atoms with van der Waals surface area (Å²) >= 11 is 4.88. The number of amides is 1. The zero-order valence-electron chi connectivity index (χ0n) is 12.1. The van der Waals surface area contributed by atoms with Crippen LogP contribution >= 0.6 is 12.2 Å². The van der Waals surface area contributed by atoms with Crippen LogP contribution in [0.25, 0.3) is 0 Å². The lowest BCUT2D eigenvalue weighted by molar-refractivity contribution is -0.123. The fourth-order valence-electron chi connectivity index (χ4n) is 2.63. The van der Waals surface area contributed by atoms with Crippen LogP contribution in [0.4, 0.5) is 0 Å². The maximum absolute atomic E-state index is 11.7. The van der Waals surface area contributed by atoms with E-state index in [0.717, 1.165) is 24.4 Å². The Morgan fingerprint density at radius 1 is 1.29 bits per heavy atom. The van der Waals surface area contributed by atoms with Crippen LogP contribution in [-0.2, 0) is 4.79 Å². The van der Waals surface area contributed by atoms with Crippen molar-refractivity contribution >= 4 is 23.1 Å². The summed E-state index contributed by atoms with van der Waals surface area (Å²) in [4.78, 5) is 12.0. The first-order chi connectivity index (χ1) is 10.1. The van der Waals surface area contributed by atoms with E-state index in [0.29, 0.717) is 10.7 Å². The largest absolute Gasteiger partial charge is 0.484 e. The predicted molar refractivity (Wildman–Crippen MR) is 87.4 cm³/mol. The second kappa shape index (κ2) is 7.98. The topological polar surface area (TPSA) is 64.3 Å². The molecule has 1 amide bonds. The molecule has 1 aliphatic rings. The highest BCUT2D eigenvalue weighted by atomic mass is 32.1. The minimum Gasteiger partial charge on any atom is -0.484 e. The first kappa shape index (κ1) is 15.8. The zero-order valence-corrected chi connectivity index (χ0v) is 13.0. The standard InChI is InChI=1S/C16H22N2O2S/c17-16(21)13-5-7-14(8-6-13)20-11-15(19)18-10-9-12-3-1-2-4-12/h5-8,12H,1-4,9-11H2,(H2,17,21)(H,18,19). The molecule has 5 heteroatoms. The Morgan fingerprint density at radius 3 is 2.57 bits per heavy atom. The van der Waals surface area contributed by atoms with Gasteiger partial charge in [0.1, 0.15) is 10.7 Å². The van der Waals surface area contributed by atoms with Gasteiger partial charge in [-0.15, -0.1) is 0 Å². The second-order valence-electron chi connectivity index (χ2n) is 5.47. The Hall–Kier alpha value is -1.62. The van der Waals surface area contributed by atoms with Crippen molar-refractivity contribution < 1.29 is 9.53 Å². The molecule has 1 saturated carbocycles. The van der Waals surface area contributed by atoms with Gasteiger partial charge in [-0.05, 0) is 36.6 Å². The summed E-state index contributed by atoms with van der Waals surface area (Å²) in [6.07, 6.45) is 6.37. The van der Waals surface area contributed by atoms with Crippen LogP contribution in [0.15, 0.2) is 24.3 Å². The number of hydrogen-bond acceptors (Lipinski definition) is 3. The van der Waals surface area contributed by atoms with Gasteiger partial charge in [0.2, 0.25) is 0 Å². The van der Waals surface area contributed by atoms with Crippen molar-refractivity contribution in [2.24, 2.45) is 11.7 Å². The lowest BCUT2D eigenvalue weighted by Gasteiger charge is -2.10. The number of nitrogens with one attached hydrogen (secondary N) is 1. The normalized spacial score (nSPS) is 14.9. The maximum atomic E-state index is 11.7. The first-order valence-corrected chi connectivity index (χ1v) is 7.85. The van der Waals surface area contributed by atoms with Crippen molar-refractivity contribution in [3.05, 3.63) is 29.8 Å². The average Bonchev–Trinajstić information content (AvgIpc) is 2.99. The van der Waals surface area contributed by atoms with E-state index in [9.17, 15) is 4.79 Å². The molecule has 0 atom stereocenters. The van der Waals surface area contributed by atoms with Gasteiger partial charge in [-0.2, -0.15) is 0 Å². The Balaban J connectivity index is 1.64. The molecule has 0 aliphatic heterocycles. The quantitative estimate of drug-likeness (QED) is 0.759. The molecule has 0 spiro atoms. The Labute approximate surface area is 131 Å². The van der Waals surface area contributed by atoms with Crippen molar-refractivity contribution in [1.29, 1.82) is 0 Å². The van der Waals surface area contributed by atoms with Crippen molar-refractivity contribution in [2.45, 2.75) is 32.1 Å². The van der Waals surface area contributed by atoms with Crippen LogP contribution in [0.3, 0.4) is 0 Å². The highest BCUT2D eigenvalue weighted by molar-refractivity contribution is 7.80. The molecule has 4 nitrogen and oxygen atoms in total. The fourth-order valence-corrected chi connectivity index (χ4v) is 2.77. The molecule has 1 fully saturated rings. The Bertz CT molecular complexity index is 482. The van der Waals surface area contributed by atoms with Crippen LogP contribution < -0.4 is 15.8 Å². The molecule has 114 valence electrons. The fraction of sp³-hybridized carbons (Fsp3) is 0.500. The minimum absolute atomic E-state index is 0.0388. The Kier molecular flexibility index (Phi) is 5.99. The summed E-state index contributed by atoms with van der Waals surface area (Å²) in [5.41, 5.74) is 6.31. The smallest absolute Gasteiger partial charge is 0.257 e. The van der Waals surface area contributed by atoms with Crippen LogP contribution in [0.2, 0.25) is 0 Å². The second-order valence-corrected chi connectivity index (χ2v) is 5.91. The third kappa shape index (κ3) is 5.34. The maximum Gasteiger partial charge on any atom is 0.257 e. The summed E-state index contributed by atoms with van der Waals surface area (Å²) in [6, 6.07) is 7.10. The van der Waals surface area contributed by atoms with E-state index in [2.05, 4.69) is 5.32 Å². The molecule has 21 heavy (non-hydrogen) atoms. The van der Waals surface area contributed by atoms with E-state index in [1.54, 1.807) is 24.3 Å². The number of benzene rings is 1. The van der Waals surface area contributed by atoms with Gasteiger partial charge in [0.15, 0.2) is 6.61 Å². The number of carbonyl (C=O) groups excluding carboxylic acids is 1. The zero-order chi connectivity index (χ0) is 15.1. The number of thiocarbonyl (C=S) groups is 1. The van der Waals surface area contributed by atoms with E-state index < -0.39 is 0 Å². The predicted octanol–water partition coefficient (Wildman–Crippen LogP) is 2.40. The molecule has 1 aliphatic carbocycles. The van der Waals surface area contributed by atoms with E-state index in [-0.39, 0.29) is 12.5 Å². The summed E-state index contributed by atoms with van der Waals surface area (Å²) < 4.78 is 5.43. The lowest BCUT2D eigenvalue weighted by Crippen LogP contribution is -2.30. The summed E-state index contributed by atoms with van der Waals surface area (Å²) in [5.74, 6) is 1.35. The minimum atomic E-state index is -0.0774. The van der Waals surface area contributed by atoms with Crippen molar-refractivity contribution in [1.82, 2.24) is 5.32 Å². The van der Waals surface area contributed by atoms with Gasteiger partial charge in [-0.25, -0.2) is 0 Å². The van der Waals surface area contributed by atoms with Gasteiger partial charge in [-0.1, -0.05) is 37.9 Å². The third-order valence-electron chi connectivity index (χ3n) is 3.86. The van der Waals surface area contributed by atoms with Crippen LogP contribution in [-0.4, -0.2) is 24.0 Å². The number of nitrogens with two attached hydrogens (primary N) is 1. The Morgan fingerprint density at radius 2 is 1.95 bits per heavy atom. The molecular weight excluding hydrogens is 284 g/mol. The molecule has 0 heterocycles. The molecule has 0 saturated heterocycles. The molecule has 1 aromatic carbocycles. The first-order valence-electron chi connectivity index (χ1n) is 7.44. The van der Waals surface area contributed by atoms with Crippen molar-refractivity contribution in [2.75, 3.05) is 13.2 Å². The number of rotatable bonds is 7.